The van der Waals surface area contributed by atoms with Gasteiger partial charge in [-0.3, -0.25) is 9.59 Å². The molecule has 0 aliphatic rings. The van der Waals surface area contributed by atoms with Crippen LogP contribution in [0.2, 0.25) is 0 Å². The molecule has 0 aliphatic carbocycles. The van der Waals surface area contributed by atoms with Crippen molar-refractivity contribution in [3.63, 3.8) is 0 Å². The quantitative estimate of drug-likeness (QED) is 0.463. The summed E-state index contributed by atoms with van der Waals surface area (Å²) in [7, 11) is 0. The summed E-state index contributed by atoms with van der Waals surface area (Å²) >= 11 is 5.49. The Bertz CT molecular complexity index is 832. The third-order valence-electron chi connectivity index (χ3n) is 3.77. The van der Waals surface area contributed by atoms with Crippen LogP contribution in [0.4, 0.5) is 10.5 Å². The van der Waals surface area contributed by atoms with Crippen molar-refractivity contribution in [2.45, 2.75) is 12.6 Å². The van der Waals surface area contributed by atoms with E-state index in [9.17, 15) is 14.4 Å². The number of benzene rings is 2. The second-order valence-electron chi connectivity index (χ2n) is 5.96. The van der Waals surface area contributed by atoms with Crippen molar-refractivity contribution < 1.29 is 24.2 Å². The molecule has 0 saturated carbocycles. The molecule has 2 aromatic rings. The van der Waals surface area contributed by atoms with E-state index in [4.69, 9.17) is 21.4 Å². The molecule has 29 heavy (non-hydrogen) atoms. The van der Waals surface area contributed by atoms with Crippen LogP contribution < -0.4 is 16.0 Å². The fraction of sp³-hybridized carbons (Fsp3) is 0.250. The molecule has 4 N–H and O–H groups in total. The van der Waals surface area contributed by atoms with Gasteiger partial charge in [-0.1, -0.05) is 42.5 Å². The Morgan fingerprint density at radius 3 is 2.52 bits per heavy atom. The first-order chi connectivity index (χ1) is 14.0. The van der Waals surface area contributed by atoms with Crippen molar-refractivity contribution in [3.05, 3.63) is 65.7 Å². The smallest absolute Gasteiger partial charge is 0.408 e. The average molecular weight is 420 g/mol. The highest BCUT2D eigenvalue weighted by Gasteiger charge is 2.23. The topological polar surface area (TPSA) is 117 Å². The fourth-order valence-electron chi connectivity index (χ4n) is 2.45. The van der Waals surface area contributed by atoms with E-state index in [0.717, 1.165) is 5.56 Å². The van der Waals surface area contributed by atoms with E-state index >= 15 is 0 Å². The average Bonchev–Trinajstić information content (AvgIpc) is 2.75. The summed E-state index contributed by atoms with van der Waals surface area (Å²) in [5.41, 5.74) is 1.65. The number of rotatable bonds is 9. The number of aliphatic hydroxyl groups is 1. The number of anilines is 1. The van der Waals surface area contributed by atoms with Gasteiger partial charge in [0.2, 0.25) is 11.8 Å². The Labute approximate surface area is 173 Å². The summed E-state index contributed by atoms with van der Waals surface area (Å²) in [5.74, 6) is -1.15. The van der Waals surface area contributed by atoms with Gasteiger partial charge in [0.05, 0.1) is 6.61 Å². The van der Waals surface area contributed by atoms with Crippen LogP contribution in [0.5, 0.6) is 0 Å². The predicted octanol–water partition coefficient (Wildman–Crippen LogP) is 1.94. The summed E-state index contributed by atoms with van der Waals surface area (Å²) in [6.45, 7) is -0.176. The van der Waals surface area contributed by atoms with Crippen LogP contribution in [0, 0.1) is 0 Å². The van der Waals surface area contributed by atoms with Crippen molar-refractivity contribution in [1.82, 2.24) is 10.6 Å². The van der Waals surface area contributed by atoms with Gasteiger partial charge in [0.25, 0.3) is 0 Å². The maximum atomic E-state index is 12.5. The molecule has 154 valence electrons. The molecule has 0 radical (unpaired) electrons. The number of ether oxygens (including phenoxy) is 1. The van der Waals surface area contributed by atoms with Gasteiger partial charge in [-0.25, -0.2) is 4.79 Å². The molecule has 0 aliphatic heterocycles. The van der Waals surface area contributed by atoms with E-state index in [2.05, 4.69) is 16.0 Å². The van der Waals surface area contributed by atoms with E-state index in [0.29, 0.717) is 11.3 Å². The lowest BCUT2D eigenvalue weighted by atomic mass is 10.1. The second kappa shape index (κ2) is 11.7. The predicted molar refractivity (Wildman–Crippen MR) is 108 cm³/mol. The number of aliphatic hydroxyl groups excluding tert-OH is 1. The van der Waals surface area contributed by atoms with Crippen LogP contribution in [-0.4, -0.2) is 42.0 Å². The Kier molecular flexibility index (Phi) is 8.94. The molecule has 0 fully saturated rings. The minimum atomic E-state index is -1.09. The van der Waals surface area contributed by atoms with Crippen molar-refractivity contribution in [2.24, 2.45) is 0 Å². The number of nitrogens with one attached hydrogen (secondary N) is 3. The molecule has 2 aromatic carbocycles. The number of hydrogen-bond acceptors (Lipinski definition) is 5. The monoisotopic (exact) mass is 419 g/mol. The van der Waals surface area contributed by atoms with Gasteiger partial charge in [0.15, 0.2) is 0 Å². The first-order valence-electron chi connectivity index (χ1n) is 8.85. The molecule has 8 nitrogen and oxygen atoms in total. The summed E-state index contributed by atoms with van der Waals surface area (Å²) in [6, 6.07) is 14.4. The molecule has 3 amide bonds. The first kappa shape index (κ1) is 22.2. The second-order valence-corrected chi connectivity index (χ2v) is 6.23. The number of alkyl carbamates (subject to hydrolysis) is 1. The zero-order valence-corrected chi connectivity index (χ0v) is 16.3. The molecule has 2 rings (SSSR count). The molecule has 0 aromatic heterocycles. The SMILES string of the molecule is O=C(CCl)Nc1cccc([C@@H](NC(=O)OCc2ccccc2)C(=O)NCCO)c1. The van der Waals surface area contributed by atoms with Crippen molar-refractivity contribution >= 4 is 35.2 Å². The van der Waals surface area contributed by atoms with Gasteiger partial charge in [-0.2, -0.15) is 0 Å². The molecule has 1 atom stereocenters. The van der Waals surface area contributed by atoms with Crippen LogP contribution in [0.3, 0.4) is 0 Å². The highest BCUT2D eigenvalue weighted by atomic mass is 35.5. The highest BCUT2D eigenvalue weighted by molar-refractivity contribution is 6.29. The van der Waals surface area contributed by atoms with Crippen LogP contribution in [0.1, 0.15) is 17.2 Å². The summed E-state index contributed by atoms with van der Waals surface area (Å²) < 4.78 is 5.18. The molecule has 0 unspecified atom stereocenters. The van der Waals surface area contributed by atoms with Crippen LogP contribution >= 0.6 is 11.6 Å². The van der Waals surface area contributed by atoms with Crippen molar-refractivity contribution in [2.75, 3.05) is 24.3 Å². The standard InChI is InChI=1S/C20H22ClN3O5/c21-12-17(26)23-16-8-4-7-15(11-16)18(19(27)22-9-10-25)24-20(28)29-13-14-5-2-1-3-6-14/h1-8,11,18,25H,9-10,12-13H2,(H,22,27)(H,23,26)(H,24,28)/t18-/m1/s1. The summed E-state index contributed by atoms with van der Waals surface area (Å²) in [4.78, 5) is 36.2. The largest absolute Gasteiger partial charge is 0.445 e. The zero-order valence-electron chi connectivity index (χ0n) is 15.6. The Hall–Kier alpha value is -3.10. The molecule has 0 bridgehead atoms. The zero-order chi connectivity index (χ0) is 21.1. The van der Waals surface area contributed by atoms with Gasteiger partial charge < -0.3 is 25.8 Å². The summed E-state index contributed by atoms with van der Waals surface area (Å²) in [6.07, 6.45) is -0.784. The third kappa shape index (κ3) is 7.44. The minimum absolute atomic E-state index is 0.0265. The first-order valence-corrected chi connectivity index (χ1v) is 9.38. The summed E-state index contributed by atoms with van der Waals surface area (Å²) in [5, 5.41) is 16.6. The minimum Gasteiger partial charge on any atom is -0.445 e. The van der Waals surface area contributed by atoms with Crippen LogP contribution in [0.25, 0.3) is 0 Å². The number of carbonyl (C=O) groups is 3. The third-order valence-corrected chi connectivity index (χ3v) is 4.02. The maximum absolute atomic E-state index is 12.5. The van der Waals surface area contributed by atoms with E-state index in [1.165, 1.54) is 0 Å². The normalized spacial score (nSPS) is 11.2. The number of amides is 3. The molecule has 9 heteroatoms. The van der Waals surface area contributed by atoms with E-state index < -0.39 is 23.9 Å². The lowest BCUT2D eigenvalue weighted by molar-refractivity contribution is -0.123. The van der Waals surface area contributed by atoms with E-state index in [1.54, 1.807) is 24.3 Å². The van der Waals surface area contributed by atoms with Gasteiger partial charge in [0, 0.05) is 12.2 Å². The van der Waals surface area contributed by atoms with Crippen LogP contribution in [-0.2, 0) is 20.9 Å². The van der Waals surface area contributed by atoms with Gasteiger partial charge in [0.1, 0.15) is 18.5 Å². The lowest BCUT2D eigenvalue weighted by Gasteiger charge is -2.19. The Balaban J connectivity index is 2.12. The Morgan fingerprint density at radius 1 is 1.07 bits per heavy atom. The van der Waals surface area contributed by atoms with Crippen LogP contribution in [0.15, 0.2) is 54.6 Å². The molecule has 0 saturated heterocycles. The van der Waals surface area contributed by atoms with Crippen molar-refractivity contribution in [3.8, 4) is 0 Å². The van der Waals surface area contributed by atoms with Gasteiger partial charge in [-0.15, -0.1) is 11.6 Å². The Morgan fingerprint density at radius 2 is 1.83 bits per heavy atom. The van der Waals surface area contributed by atoms with E-state index in [-0.39, 0.29) is 25.6 Å². The molecule has 0 heterocycles. The molecular weight excluding hydrogens is 398 g/mol. The number of carbonyl (C=O) groups excluding carboxylic acids is 3. The van der Waals surface area contributed by atoms with Gasteiger partial charge in [-0.05, 0) is 23.3 Å². The molecule has 0 spiro atoms. The van der Waals surface area contributed by atoms with E-state index in [1.807, 2.05) is 30.3 Å². The molecular formula is C20H22ClN3O5. The highest BCUT2D eigenvalue weighted by Crippen LogP contribution is 2.19. The fourth-order valence-corrected chi connectivity index (χ4v) is 2.52. The number of hydrogen-bond donors (Lipinski definition) is 4. The number of alkyl halides is 1. The lowest BCUT2D eigenvalue weighted by Crippen LogP contribution is -2.41. The maximum Gasteiger partial charge on any atom is 0.408 e. The van der Waals surface area contributed by atoms with Crippen molar-refractivity contribution in [1.29, 1.82) is 0 Å². The number of halogens is 1. The van der Waals surface area contributed by atoms with Gasteiger partial charge >= 0.3 is 6.09 Å².